The van der Waals surface area contributed by atoms with E-state index in [-0.39, 0.29) is 5.41 Å². The van der Waals surface area contributed by atoms with Crippen LogP contribution < -0.4 is 0 Å². The van der Waals surface area contributed by atoms with E-state index in [1.165, 1.54) is 0 Å². The molecule has 0 amide bonds. The van der Waals surface area contributed by atoms with E-state index in [4.69, 9.17) is 34.8 Å². The Bertz CT molecular complexity index is 171. The van der Waals surface area contributed by atoms with Crippen molar-refractivity contribution >= 4 is 40.0 Å². The largest absolute Gasteiger partial charge is 0.281 e. The zero-order chi connectivity index (χ0) is 8.15. The van der Waals surface area contributed by atoms with Gasteiger partial charge in [-0.1, -0.05) is 13.8 Å². The number of carbonyl (C=O) groups is 1. The Morgan fingerprint density at radius 2 is 1.70 bits per heavy atom. The summed E-state index contributed by atoms with van der Waals surface area (Å²) < 4.78 is -0.953. The van der Waals surface area contributed by atoms with Gasteiger partial charge in [0.2, 0.25) is 5.24 Å². The molecular formula is C6H7Cl3O. The summed E-state index contributed by atoms with van der Waals surface area (Å²) in [7, 11) is 0. The first kappa shape index (κ1) is 8.63. The number of rotatable bonds is 1. The third-order valence-electron chi connectivity index (χ3n) is 2.09. The third-order valence-corrected chi connectivity index (χ3v) is 3.72. The Hall–Kier alpha value is 0.540. The van der Waals surface area contributed by atoms with Crippen LogP contribution >= 0.6 is 34.8 Å². The summed E-state index contributed by atoms with van der Waals surface area (Å²) in [4.78, 5) is 10.6. The highest BCUT2D eigenvalue weighted by Gasteiger charge is 2.73. The van der Waals surface area contributed by atoms with Crippen LogP contribution in [0.3, 0.4) is 0 Å². The second kappa shape index (κ2) is 2.02. The molecule has 0 heterocycles. The molecule has 0 aromatic carbocycles. The van der Waals surface area contributed by atoms with Gasteiger partial charge in [0.1, 0.15) is 4.33 Å². The van der Waals surface area contributed by atoms with E-state index in [1.54, 1.807) is 0 Å². The fraction of sp³-hybridized carbons (Fsp3) is 0.833. The van der Waals surface area contributed by atoms with Gasteiger partial charge in [-0.2, -0.15) is 0 Å². The predicted octanol–water partition coefficient (Wildman–Crippen LogP) is 2.58. The van der Waals surface area contributed by atoms with Crippen LogP contribution in [0.15, 0.2) is 0 Å². The smallest absolute Gasteiger partial charge is 0.228 e. The molecule has 1 atom stereocenters. The van der Waals surface area contributed by atoms with Crippen LogP contribution in [0.5, 0.6) is 0 Å². The van der Waals surface area contributed by atoms with Gasteiger partial charge in [-0.15, -0.1) is 23.2 Å². The molecule has 0 aromatic rings. The van der Waals surface area contributed by atoms with Crippen LogP contribution in [0.2, 0.25) is 0 Å². The van der Waals surface area contributed by atoms with Crippen molar-refractivity contribution in [1.82, 2.24) is 0 Å². The molecule has 1 rings (SSSR count). The van der Waals surface area contributed by atoms with Gasteiger partial charge in [0.25, 0.3) is 0 Å². The number of hydrogen-bond acceptors (Lipinski definition) is 1. The summed E-state index contributed by atoms with van der Waals surface area (Å²) in [6.07, 6.45) is 0. The standard InChI is InChI=1S/C6H7Cl3O/c1-5(2)3(4(7)10)6(5,8)9/h3H,1-2H3. The maximum absolute atomic E-state index is 10.6. The van der Waals surface area contributed by atoms with Gasteiger partial charge in [-0.05, 0) is 11.6 Å². The Kier molecular flexibility index (Phi) is 1.75. The molecule has 1 fully saturated rings. The molecule has 0 radical (unpaired) electrons. The summed E-state index contributed by atoms with van der Waals surface area (Å²) in [6.45, 7) is 3.63. The first-order chi connectivity index (χ1) is 4.32. The monoisotopic (exact) mass is 200 g/mol. The quantitative estimate of drug-likeness (QED) is 0.471. The molecule has 0 aromatic heterocycles. The normalized spacial score (nSPS) is 33.5. The van der Waals surface area contributed by atoms with Crippen LogP contribution in [-0.2, 0) is 4.79 Å². The fourth-order valence-electron chi connectivity index (χ4n) is 1.08. The lowest BCUT2D eigenvalue weighted by molar-refractivity contribution is -0.113. The second-order valence-corrected chi connectivity index (χ2v) is 4.84. The average Bonchev–Trinajstić information content (AvgIpc) is 1.97. The molecule has 0 spiro atoms. The zero-order valence-corrected chi connectivity index (χ0v) is 7.89. The lowest BCUT2D eigenvalue weighted by atomic mass is 10.1. The highest BCUT2D eigenvalue weighted by Crippen LogP contribution is 2.69. The van der Waals surface area contributed by atoms with Gasteiger partial charge in [0.05, 0.1) is 5.92 Å². The van der Waals surface area contributed by atoms with Gasteiger partial charge in [-0.25, -0.2) is 0 Å². The maximum Gasteiger partial charge on any atom is 0.228 e. The van der Waals surface area contributed by atoms with E-state index in [1.807, 2.05) is 13.8 Å². The minimum Gasteiger partial charge on any atom is -0.281 e. The van der Waals surface area contributed by atoms with E-state index < -0.39 is 15.5 Å². The molecular weight excluding hydrogens is 194 g/mol. The minimum absolute atomic E-state index is 0.366. The van der Waals surface area contributed by atoms with Gasteiger partial charge in [0, 0.05) is 5.41 Å². The Morgan fingerprint density at radius 3 is 1.70 bits per heavy atom. The van der Waals surface area contributed by atoms with Crippen molar-refractivity contribution in [3.63, 3.8) is 0 Å². The van der Waals surface area contributed by atoms with E-state index in [0.717, 1.165) is 0 Å². The Balaban J connectivity index is 2.81. The molecule has 1 nitrogen and oxygen atoms in total. The molecule has 1 aliphatic rings. The summed E-state index contributed by atoms with van der Waals surface area (Å²) in [6, 6.07) is 0. The lowest BCUT2D eigenvalue weighted by Gasteiger charge is -1.98. The number of alkyl halides is 2. The van der Waals surface area contributed by atoms with Crippen LogP contribution in [-0.4, -0.2) is 9.58 Å². The molecule has 10 heavy (non-hydrogen) atoms. The average molecular weight is 201 g/mol. The first-order valence-corrected chi connectivity index (χ1v) is 4.02. The SMILES string of the molecule is CC1(C)C(C(=O)Cl)C1(Cl)Cl. The van der Waals surface area contributed by atoms with Crippen LogP contribution in [0.4, 0.5) is 0 Å². The van der Waals surface area contributed by atoms with E-state index in [2.05, 4.69) is 0 Å². The molecule has 58 valence electrons. The molecule has 1 saturated carbocycles. The van der Waals surface area contributed by atoms with Crippen molar-refractivity contribution in [3.05, 3.63) is 0 Å². The summed E-state index contributed by atoms with van der Waals surface area (Å²) in [5.41, 5.74) is -0.366. The number of hydrogen-bond donors (Lipinski definition) is 0. The van der Waals surface area contributed by atoms with Crippen LogP contribution in [0.1, 0.15) is 13.8 Å². The third kappa shape index (κ3) is 0.876. The van der Waals surface area contributed by atoms with Crippen LogP contribution in [0, 0.1) is 11.3 Å². The van der Waals surface area contributed by atoms with Gasteiger partial charge in [-0.3, -0.25) is 4.79 Å². The Morgan fingerprint density at radius 1 is 1.40 bits per heavy atom. The number of carbonyl (C=O) groups excluding carboxylic acids is 1. The molecule has 0 N–H and O–H groups in total. The maximum atomic E-state index is 10.6. The highest BCUT2D eigenvalue weighted by atomic mass is 35.5. The van der Waals surface area contributed by atoms with Crippen molar-refractivity contribution in [2.45, 2.75) is 18.2 Å². The minimum atomic E-state index is -0.953. The van der Waals surface area contributed by atoms with Gasteiger partial charge in [0.15, 0.2) is 0 Å². The van der Waals surface area contributed by atoms with Crippen molar-refractivity contribution in [3.8, 4) is 0 Å². The van der Waals surface area contributed by atoms with Gasteiger partial charge < -0.3 is 0 Å². The lowest BCUT2D eigenvalue weighted by Crippen LogP contribution is -1.96. The first-order valence-electron chi connectivity index (χ1n) is 2.89. The van der Waals surface area contributed by atoms with Gasteiger partial charge >= 0.3 is 0 Å². The van der Waals surface area contributed by atoms with E-state index in [9.17, 15) is 4.79 Å². The molecule has 4 heteroatoms. The van der Waals surface area contributed by atoms with Crippen molar-refractivity contribution in [2.24, 2.45) is 11.3 Å². The number of halogens is 3. The summed E-state index contributed by atoms with van der Waals surface area (Å²) in [5.74, 6) is -0.412. The zero-order valence-electron chi connectivity index (χ0n) is 5.62. The Labute approximate surface area is 74.6 Å². The fourth-order valence-corrected chi connectivity index (χ4v) is 2.48. The predicted molar refractivity (Wildman–Crippen MR) is 42.6 cm³/mol. The highest BCUT2D eigenvalue weighted by molar-refractivity contribution is 6.68. The molecule has 0 saturated heterocycles. The molecule has 1 unspecified atom stereocenters. The molecule has 0 bridgehead atoms. The van der Waals surface area contributed by atoms with Crippen molar-refractivity contribution in [2.75, 3.05) is 0 Å². The van der Waals surface area contributed by atoms with Crippen LogP contribution in [0.25, 0.3) is 0 Å². The second-order valence-electron chi connectivity index (χ2n) is 3.08. The molecule has 1 aliphatic carbocycles. The summed E-state index contributed by atoms with van der Waals surface area (Å²) in [5, 5.41) is -0.449. The summed E-state index contributed by atoms with van der Waals surface area (Å²) >= 11 is 16.7. The van der Waals surface area contributed by atoms with Crippen molar-refractivity contribution in [1.29, 1.82) is 0 Å². The van der Waals surface area contributed by atoms with Crippen molar-refractivity contribution < 1.29 is 4.79 Å². The van der Waals surface area contributed by atoms with E-state index >= 15 is 0 Å². The van der Waals surface area contributed by atoms with E-state index in [0.29, 0.717) is 0 Å². The molecule has 0 aliphatic heterocycles. The topological polar surface area (TPSA) is 17.1 Å².